The van der Waals surface area contributed by atoms with Gasteiger partial charge in [0.1, 0.15) is 11.9 Å². The van der Waals surface area contributed by atoms with E-state index in [0.717, 1.165) is 11.3 Å². The van der Waals surface area contributed by atoms with E-state index in [2.05, 4.69) is 0 Å². The number of aliphatic hydroxyl groups excluding tert-OH is 1. The largest absolute Gasteiger partial charge is 0.469 e. The van der Waals surface area contributed by atoms with E-state index in [1.807, 2.05) is 6.92 Å². The van der Waals surface area contributed by atoms with Crippen LogP contribution in [0.2, 0.25) is 0 Å². The minimum absolute atomic E-state index is 0.306. The molecule has 0 saturated heterocycles. The minimum Gasteiger partial charge on any atom is -0.469 e. The van der Waals surface area contributed by atoms with Gasteiger partial charge in [-0.15, -0.1) is 0 Å². The highest BCUT2D eigenvalue weighted by Crippen LogP contribution is 2.17. The third kappa shape index (κ3) is 1.82. The second-order valence-corrected chi connectivity index (χ2v) is 2.40. The number of aryl methyl sites for hydroxylation is 1. The summed E-state index contributed by atoms with van der Waals surface area (Å²) < 4.78 is 9.81. The van der Waals surface area contributed by atoms with Crippen molar-refractivity contribution in [3.05, 3.63) is 23.7 Å². The van der Waals surface area contributed by atoms with Gasteiger partial charge in [0.05, 0.1) is 12.9 Å². The number of hydrogen-bond donors (Lipinski definition) is 1. The molecular formula is C8H12O3. The summed E-state index contributed by atoms with van der Waals surface area (Å²) in [4.78, 5) is 0. The van der Waals surface area contributed by atoms with Crippen LogP contribution < -0.4 is 0 Å². The summed E-state index contributed by atoms with van der Waals surface area (Å²) in [5.41, 5.74) is 0.798. The van der Waals surface area contributed by atoms with Gasteiger partial charge in [-0.3, -0.25) is 0 Å². The van der Waals surface area contributed by atoms with Gasteiger partial charge in [-0.25, -0.2) is 0 Å². The molecule has 3 nitrogen and oxygen atoms in total. The molecule has 0 fully saturated rings. The van der Waals surface area contributed by atoms with Crippen LogP contribution in [0.1, 0.15) is 17.4 Å². The molecule has 0 amide bonds. The third-order valence-corrected chi connectivity index (χ3v) is 1.58. The first-order chi connectivity index (χ1) is 5.25. The zero-order chi connectivity index (χ0) is 8.27. The predicted octanol–water partition coefficient (Wildman–Crippen LogP) is 1.27. The molecule has 0 aliphatic heterocycles. The average molecular weight is 156 g/mol. The van der Waals surface area contributed by atoms with Crippen molar-refractivity contribution in [2.24, 2.45) is 0 Å². The van der Waals surface area contributed by atoms with Gasteiger partial charge in [-0.2, -0.15) is 0 Å². The van der Waals surface area contributed by atoms with Crippen molar-refractivity contribution in [2.75, 3.05) is 13.7 Å². The monoisotopic (exact) mass is 156 g/mol. The highest BCUT2D eigenvalue weighted by Gasteiger charge is 2.11. The van der Waals surface area contributed by atoms with E-state index in [-0.39, 0.29) is 0 Å². The van der Waals surface area contributed by atoms with E-state index < -0.39 is 6.10 Å². The Balaban J connectivity index is 2.67. The summed E-state index contributed by atoms with van der Waals surface area (Å²) in [6.07, 6.45) is 0.988. The van der Waals surface area contributed by atoms with Crippen LogP contribution in [0.3, 0.4) is 0 Å². The SMILES string of the molecule is COCC(O)c1ccoc1C. The molecule has 1 rings (SSSR count). The van der Waals surface area contributed by atoms with Crippen LogP contribution >= 0.6 is 0 Å². The summed E-state index contributed by atoms with van der Waals surface area (Å²) in [5, 5.41) is 9.41. The van der Waals surface area contributed by atoms with E-state index in [9.17, 15) is 5.11 Å². The molecule has 0 aliphatic carbocycles. The van der Waals surface area contributed by atoms with Crippen molar-refractivity contribution in [3.63, 3.8) is 0 Å². The highest BCUT2D eigenvalue weighted by atomic mass is 16.5. The van der Waals surface area contributed by atoms with E-state index in [1.54, 1.807) is 19.4 Å². The second kappa shape index (κ2) is 3.55. The normalized spacial score (nSPS) is 13.4. The molecule has 62 valence electrons. The maximum Gasteiger partial charge on any atom is 0.106 e. The minimum atomic E-state index is -0.571. The lowest BCUT2D eigenvalue weighted by Crippen LogP contribution is -2.04. The van der Waals surface area contributed by atoms with Crippen LogP contribution in [0.15, 0.2) is 16.7 Å². The summed E-state index contributed by atoms with van der Waals surface area (Å²) in [5.74, 6) is 0.745. The molecule has 1 heterocycles. The Labute approximate surface area is 65.6 Å². The lowest BCUT2D eigenvalue weighted by Gasteiger charge is -2.06. The smallest absolute Gasteiger partial charge is 0.106 e. The number of ether oxygens (including phenoxy) is 1. The summed E-state index contributed by atoms with van der Waals surface area (Å²) in [7, 11) is 1.55. The Kier molecular flexibility index (Phi) is 2.68. The molecule has 11 heavy (non-hydrogen) atoms. The van der Waals surface area contributed by atoms with Crippen molar-refractivity contribution in [3.8, 4) is 0 Å². The van der Waals surface area contributed by atoms with Gasteiger partial charge in [-0.05, 0) is 13.0 Å². The molecule has 0 radical (unpaired) electrons. The lowest BCUT2D eigenvalue weighted by molar-refractivity contribution is 0.0635. The van der Waals surface area contributed by atoms with Gasteiger partial charge in [0, 0.05) is 12.7 Å². The lowest BCUT2D eigenvalue weighted by atomic mass is 10.1. The molecule has 0 aromatic carbocycles. The Morgan fingerprint density at radius 2 is 2.45 bits per heavy atom. The van der Waals surface area contributed by atoms with E-state index in [4.69, 9.17) is 9.15 Å². The van der Waals surface area contributed by atoms with Gasteiger partial charge in [0.25, 0.3) is 0 Å². The van der Waals surface area contributed by atoms with Crippen molar-refractivity contribution in [1.82, 2.24) is 0 Å². The summed E-state index contributed by atoms with van der Waals surface area (Å²) in [6.45, 7) is 2.12. The highest BCUT2D eigenvalue weighted by molar-refractivity contribution is 5.18. The Morgan fingerprint density at radius 3 is 2.91 bits per heavy atom. The van der Waals surface area contributed by atoms with E-state index >= 15 is 0 Å². The zero-order valence-electron chi connectivity index (χ0n) is 6.70. The number of hydrogen-bond acceptors (Lipinski definition) is 3. The van der Waals surface area contributed by atoms with Gasteiger partial charge in [0.2, 0.25) is 0 Å². The number of rotatable bonds is 3. The molecule has 0 aliphatic rings. The predicted molar refractivity (Wildman–Crippen MR) is 40.3 cm³/mol. The van der Waals surface area contributed by atoms with Crippen LogP contribution in [-0.2, 0) is 4.74 Å². The Morgan fingerprint density at radius 1 is 1.73 bits per heavy atom. The van der Waals surface area contributed by atoms with Gasteiger partial charge in [0.15, 0.2) is 0 Å². The van der Waals surface area contributed by atoms with Crippen molar-refractivity contribution in [1.29, 1.82) is 0 Å². The van der Waals surface area contributed by atoms with Crippen molar-refractivity contribution in [2.45, 2.75) is 13.0 Å². The molecule has 1 N–H and O–H groups in total. The van der Waals surface area contributed by atoms with Crippen LogP contribution in [0.5, 0.6) is 0 Å². The fraction of sp³-hybridized carbons (Fsp3) is 0.500. The first kappa shape index (κ1) is 8.30. The van der Waals surface area contributed by atoms with Crippen LogP contribution in [0.25, 0.3) is 0 Å². The second-order valence-electron chi connectivity index (χ2n) is 2.40. The molecular weight excluding hydrogens is 144 g/mol. The molecule has 1 aromatic heterocycles. The average Bonchev–Trinajstić information content (AvgIpc) is 2.36. The fourth-order valence-corrected chi connectivity index (χ4v) is 0.988. The molecule has 0 spiro atoms. The quantitative estimate of drug-likeness (QED) is 0.716. The van der Waals surface area contributed by atoms with E-state index in [0.29, 0.717) is 6.61 Å². The van der Waals surface area contributed by atoms with Gasteiger partial charge in [-0.1, -0.05) is 0 Å². The Hall–Kier alpha value is -0.800. The standard InChI is InChI=1S/C8H12O3/c1-6-7(3-4-11-6)8(9)5-10-2/h3-4,8-9H,5H2,1-2H3. The number of methoxy groups -OCH3 is 1. The molecule has 1 unspecified atom stereocenters. The maximum absolute atomic E-state index is 9.41. The zero-order valence-corrected chi connectivity index (χ0v) is 6.70. The van der Waals surface area contributed by atoms with Crippen molar-refractivity contribution < 1.29 is 14.3 Å². The molecule has 0 bridgehead atoms. The van der Waals surface area contributed by atoms with E-state index in [1.165, 1.54) is 0 Å². The summed E-state index contributed by atoms with van der Waals surface area (Å²) >= 11 is 0. The molecule has 1 atom stereocenters. The first-order valence-electron chi connectivity index (χ1n) is 3.46. The van der Waals surface area contributed by atoms with Gasteiger partial charge >= 0.3 is 0 Å². The summed E-state index contributed by atoms with van der Waals surface area (Å²) in [6, 6.07) is 1.75. The van der Waals surface area contributed by atoms with Crippen molar-refractivity contribution >= 4 is 0 Å². The molecule has 0 saturated carbocycles. The Bertz CT molecular complexity index is 217. The topological polar surface area (TPSA) is 42.6 Å². The molecule has 3 heteroatoms. The van der Waals surface area contributed by atoms with Crippen LogP contribution in [0.4, 0.5) is 0 Å². The fourth-order valence-electron chi connectivity index (χ4n) is 0.988. The van der Waals surface area contributed by atoms with Crippen LogP contribution in [-0.4, -0.2) is 18.8 Å². The van der Waals surface area contributed by atoms with Crippen LogP contribution in [0, 0.1) is 6.92 Å². The molecule has 1 aromatic rings. The number of aliphatic hydroxyl groups is 1. The first-order valence-corrected chi connectivity index (χ1v) is 3.46. The van der Waals surface area contributed by atoms with Gasteiger partial charge < -0.3 is 14.3 Å². The maximum atomic E-state index is 9.41. The number of furan rings is 1. The third-order valence-electron chi connectivity index (χ3n) is 1.58.